The zero-order valence-electron chi connectivity index (χ0n) is 12.6. The Hall–Kier alpha value is -0.720. The third-order valence-corrected chi connectivity index (χ3v) is 5.37. The SMILES string of the molecule is CC(CCSc1ccccc1)N1CCC(O)(C(F)(F)F)CC1. The summed E-state index contributed by atoms with van der Waals surface area (Å²) in [5.74, 6) is 0.936. The zero-order chi connectivity index (χ0) is 16.2. The lowest BCUT2D eigenvalue weighted by Gasteiger charge is -2.41. The lowest BCUT2D eigenvalue weighted by atomic mass is 9.90. The smallest absolute Gasteiger partial charge is 0.380 e. The molecular formula is C16H22F3NOS. The molecule has 1 unspecified atom stereocenters. The van der Waals surface area contributed by atoms with Crippen molar-refractivity contribution in [3.8, 4) is 0 Å². The second kappa shape index (κ2) is 7.23. The Balaban J connectivity index is 1.74. The highest BCUT2D eigenvalue weighted by atomic mass is 32.2. The van der Waals surface area contributed by atoms with Crippen molar-refractivity contribution >= 4 is 11.8 Å². The van der Waals surface area contributed by atoms with Crippen LogP contribution in [0.1, 0.15) is 26.2 Å². The van der Waals surface area contributed by atoms with Gasteiger partial charge in [0.2, 0.25) is 0 Å². The van der Waals surface area contributed by atoms with Crippen LogP contribution in [0.25, 0.3) is 0 Å². The summed E-state index contributed by atoms with van der Waals surface area (Å²) in [6.45, 7) is 2.64. The number of benzene rings is 1. The fourth-order valence-electron chi connectivity index (χ4n) is 2.66. The third-order valence-electron chi connectivity index (χ3n) is 4.32. The minimum atomic E-state index is -4.52. The molecule has 0 radical (unpaired) electrons. The lowest BCUT2D eigenvalue weighted by molar-refractivity contribution is -0.273. The average molecular weight is 333 g/mol. The Bertz CT molecular complexity index is 458. The lowest BCUT2D eigenvalue weighted by Crippen LogP contribution is -2.54. The molecule has 0 aliphatic carbocycles. The van der Waals surface area contributed by atoms with E-state index < -0.39 is 11.8 Å². The second-order valence-electron chi connectivity index (χ2n) is 5.86. The fraction of sp³-hybridized carbons (Fsp3) is 0.625. The van der Waals surface area contributed by atoms with Gasteiger partial charge in [-0.1, -0.05) is 18.2 Å². The summed E-state index contributed by atoms with van der Waals surface area (Å²) >= 11 is 1.76. The molecule has 1 saturated heterocycles. The van der Waals surface area contributed by atoms with Crippen molar-refractivity contribution in [2.45, 2.75) is 48.9 Å². The quantitative estimate of drug-likeness (QED) is 0.826. The van der Waals surface area contributed by atoms with Crippen LogP contribution in [0.15, 0.2) is 35.2 Å². The molecule has 0 bridgehead atoms. The Kier molecular flexibility index (Phi) is 5.80. The van der Waals surface area contributed by atoms with Crippen LogP contribution in [0.2, 0.25) is 0 Å². The highest BCUT2D eigenvalue weighted by Gasteiger charge is 2.54. The predicted octanol–water partition coefficient (Wildman–Crippen LogP) is 3.95. The van der Waals surface area contributed by atoms with Crippen molar-refractivity contribution in [1.29, 1.82) is 0 Å². The van der Waals surface area contributed by atoms with E-state index in [-0.39, 0.29) is 18.9 Å². The molecule has 6 heteroatoms. The number of halogens is 3. The number of hydrogen-bond acceptors (Lipinski definition) is 3. The maximum absolute atomic E-state index is 12.8. The van der Waals surface area contributed by atoms with Crippen molar-refractivity contribution < 1.29 is 18.3 Å². The van der Waals surface area contributed by atoms with Gasteiger partial charge in [-0.3, -0.25) is 0 Å². The number of rotatable bonds is 5. The molecule has 22 heavy (non-hydrogen) atoms. The van der Waals surface area contributed by atoms with Crippen LogP contribution in [0.5, 0.6) is 0 Å². The van der Waals surface area contributed by atoms with Crippen LogP contribution in [0.4, 0.5) is 13.2 Å². The highest BCUT2D eigenvalue weighted by Crippen LogP contribution is 2.38. The largest absolute Gasteiger partial charge is 0.417 e. The Labute approximate surface area is 133 Å². The maximum Gasteiger partial charge on any atom is 0.417 e. The summed E-state index contributed by atoms with van der Waals surface area (Å²) in [5, 5.41) is 9.68. The van der Waals surface area contributed by atoms with E-state index >= 15 is 0 Å². The van der Waals surface area contributed by atoms with Gasteiger partial charge in [-0.05, 0) is 44.1 Å². The molecule has 2 rings (SSSR count). The molecule has 0 amide bonds. The minimum Gasteiger partial charge on any atom is -0.380 e. The molecule has 1 aliphatic heterocycles. The summed E-state index contributed by atoms with van der Waals surface area (Å²) in [7, 11) is 0. The molecule has 0 saturated carbocycles. The summed E-state index contributed by atoms with van der Waals surface area (Å²) in [6, 6.07) is 10.3. The fourth-order valence-corrected chi connectivity index (χ4v) is 3.71. The van der Waals surface area contributed by atoms with Crippen LogP contribution in [-0.2, 0) is 0 Å². The minimum absolute atomic E-state index is 0.229. The number of nitrogens with zero attached hydrogens (tertiary/aromatic N) is 1. The molecule has 0 aromatic heterocycles. The van der Waals surface area contributed by atoms with Crippen LogP contribution in [-0.4, -0.2) is 46.7 Å². The first kappa shape index (κ1) is 17.6. The molecule has 0 spiro atoms. The molecule has 1 aromatic carbocycles. The summed E-state index contributed by atoms with van der Waals surface area (Å²) in [4.78, 5) is 3.26. The molecule has 2 nitrogen and oxygen atoms in total. The second-order valence-corrected chi connectivity index (χ2v) is 7.03. The van der Waals surface area contributed by atoms with Gasteiger partial charge in [0.25, 0.3) is 0 Å². The van der Waals surface area contributed by atoms with E-state index in [2.05, 4.69) is 12.1 Å². The van der Waals surface area contributed by atoms with Crippen molar-refractivity contribution in [3.05, 3.63) is 30.3 Å². The van der Waals surface area contributed by atoms with Crippen molar-refractivity contribution in [2.24, 2.45) is 0 Å². The number of hydrogen-bond donors (Lipinski definition) is 1. The van der Waals surface area contributed by atoms with Crippen molar-refractivity contribution in [1.82, 2.24) is 4.90 Å². The van der Waals surface area contributed by atoms with Crippen LogP contribution < -0.4 is 0 Å². The highest BCUT2D eigenvalue weighted by molar-refractivity contribution is 7.99. The van der Waals surface area contributed by atoms with E-state index in [1.54, 1.807) is 11.8 Å². The Morgan fingerprint density at radius 3 is 2.36 bits per heavy atom. The molecule has 1 aromatic rings. The van der Waals surface area contributed by atoms with Gasteiger partial charge >= 0.3 is 6.18 Å². The topological polar surface area (TPSA) is 23.5 Å². The summed E-state index contributed by atoms with van der Waals surface area (Å²) in [6.07, 6.45) is -4.06. The van der Waals surface area contributed by atoms with Gasteiger partial charge in [-0.25, -0.2) is 0 Å². The molecular weight excluding hydrogens is 311 g/mol. The molecule has 1 fully saturated rings. The zero-order valence-corrected chi connectivity index (χ0v) is 13.5. The monoisotopic (exact) mass is 333 g/mol. The Morgan fingerprint density at radius 2 is 1.82 bits per heavy atom. The first-order valence-electron chi connectivity index (χ1n) is 7.53. The molecule has 1 heterocycles. The maximum atomic E-state index is 12.8. The Morgan fingerprint density at radius 1 is 1.23 bits per heavy atom. The van der Waals surface area contributed by atoms with Gasteiger partial charge in [0.1, 0.15) is 0 Å². The first-order valence-corrected chi connectivity index (χ1v) is 8.51. The number of piperidine rings is 1. The van der Waals surface area contributed by atoms with E-state index in [1.807, 2.05) is 30.0 Å². The van der Waals surface area contributed by atoms with Gasteiger partial charge in [0, 0.05) is 24.0 Å². The van der Waals surface area contributed by atoms with Gasteiger partial charge in [0.05, 0.1) is 0 Å². The third kappa shape index (κ3) is 4.40. The van der Waals surface area contributed by atoms with E-state index in [9.17, 15) is 18.3 Å². The predicted molar refractivity (Wildman–Crippen MR) is 83.1 cm³/mol. The van der Waals surface area contributed by atoms with Crippen LogP contribution >= 0.6 is 11.8 Å². The van der Waals surface area contributed by atoms with E-state index in [0.717, 1.165) is 12.2 Å². The van der Waals surface area contributed by atoms with Gasteiger partial charge in [-0.15, -0.1) is 11.8 Å². The average Bonchev–Trinajstić information content (AvgIpc) is 2.48. The molecule has 1 aliphatic rings. The van der Waals surface area contributed by atoms with Crippen LogP contribution in [0, 0.1) is 0 Å². The van der Waals surface area contributed by atoms with E-state index in [1.165, 1.54) is 4.90 Å². The van der Waals surface area contributed by atoms with Crippen molar-refractivity contribution in [3.63, 3.8) is 0 Å². The standard InChI is InChI=1S/C16H22F3NOS/c1-13(7-12-22-14-5-3-2-4-6-14)20-10-8-15(21,9-11-20)16(17,18)19/h2-6,13,21H,7-12H2,1H3. The summed E-state index contributed by atoms with van der Waals surface area (Å²) in [5.41, 5.74) is -2.50. The number of aliphatic hydroxyl groups is 1. The molecule has 1 N–H and O–H groups in total. The first-order chi connectivity index (χ1) is 10.3. The van der Waals surface area contributed by atoms with E-state index in [0.29, 0.717) is 13.1 Å². The number of likely N-dealkylation sites (tertiary alicyclic amines) is 1. The van der Waals surface area contributed by atoms with Crippen molar-refractivity contribution in [2.75, 3.05) is 18.8 Å². The number of thioether (sulfide) groups is 1. The number of alkyl halides is 3. The normalized spacial score (nSPS) is 20.8. The van der Waals surface area contributed by atoms with Gasteiger partial charge < -0.3 is 10.0 Å². The molecule has 124 valence electrons. The molecule has 1 atom stereocenters. The van der Waals surface area contributed by atoms with Gasteiger partial charge in [0.15, 0.2) is 5.60 Å². The van der Waals surface area contributed by atoms with Gasteiger partial charge in [-0.2, -0.15) is 13.2 Å². The van der Waals surface area contributed by atoms with Crippen LogP contribution in [0.3, 0.4) is 0 Å². The van der Waals surface area contributed by atoms with E-state index in [4.69, 9.17) is 0 Å². The summed E-state index contributed by atoms with van der Waals surface area (Å²) < 4.78 is 38.3.